The molecule has 0 amide bonds. The van der Waals surface area contributed by atoms with Crippen molar-refractivity contribution in [1.82, 2.24) is 0 Å². The van der Waals surface area contributed by atoms with Gasteiger partial charge < -0.3 is 5.11 Å². The smallest absolute Gasteiger partial charge is 0.135 e. The Kier molecular flexibility index (Phi) is 5.32. The van der Waals surface area contributed by atoms with Gasteiger partial charge in [0.25, 0.3) is 0 Å². The largest absolute Gasteiger partial charge is 0.375 e. The van der Waals surface area contributed by atoms with Crippen molar-refractivity contribution in [3.63, 3.8) is 0 Å². The average Bonchev–Trinajstić information content (AvgIpc) is 2.46. The first-order valence-corrected chi connectivity index (χ1v) is 7.28. The molecule has 2 rings (SSSR count). The van der Waals surface area contributed by atoms with Gasteiger partial charge in [0.05, 0.1) is 0 Å². The number of aryl methyl sites for hydroxylation is 1. The maximum absolute atomic E-state index is 13.6. The molecule has 2 nitrogen and oxygen atoms in total. The normalized spacial score (nSPS) is 11.7. The van der Waals surface area contributed by atoms with E-state index in [-0.39, 0.29) is 12.5 Å². The number of rotatable bonds is 4. The van der Waals surface area contributed by atoms with E-state index in [2.05, 4.69) is 4.99 Å². The Morgan fingerprint density at radius 2 is 1.85 bits per heavy atom. The van der Waals surface area contributed by atoms with Crippen LogP contribution in [-0.2, 0) is 5.75 Å². The second kappa shape index (κ2) is 7.22. The zero-order chi connectivity index (χ0) is 14.4. The molecule has 0 bridgehead atoms. The SMILES string of the molecule is Cc1ccccc1/C(=N\CO)SCc1ccccc1F. The van der Waals surface area contributed by atoms with E-state index < -0.39 is 0 Å². The molecule has 0 spiro atoms. The average molecular weight is 289 g/mol. The Balaban J connectivity index is 2.18. The first-order valence-electron chi connectivity index (χ1n) is 6.30. The summed E-state index contributed by atoms with van der Waals surface area (Å²) in [7, 11) is 0. The fourth-order valence-corrected chi connectivity index (χ4v) is 2.91. The molecular weight excluding hydrogens is 273 g/mol. The van der Waals surface area contributed by atoms with Crippen LogP contribution in [0, 0.1) is 12.7 Å². The number of hydrogen-bond donors (Lipinski definition) is 1. The molecule has 4 heteroatoms. The number of hydrogen-bond acceptors (Lipinski definition) is 3. The van der Waals surface area contributed by atoms with Gasteiger partial charge >= 0.3 is 0 Å². The third-order valence-electron chi connectivity index (χ3n) is 2.91. The third-order valence-corrected chi connectivity index (χ3v) is 3.99. The molecule has 2 aromatic rings. The molecule has 104 valence electrons. The van der Waals surface area contributed by atoms with E-state index in [9.17, 15) is 4.39 Å². The molecule has 0 aliphatic heterocycles. The van der Waals surface area contributed by atoms with Gasteiger partial charge in [-0.1, -0.05) is 42.5 Å². The van der Waals surface area contributed by atoms with Crippen molar-refractivity contribution >= 4 is 16.8 Å². The van der Waals surface area contributed by atoms with Crippen molar-refractivity contribution < 1.29 is 9.50 Å². The molecule has 1 N–H and O–H groups in total. The Bertz CT molecular complexity index is 613. The monoisotopic (exact) mass is 289 g/mol. The van der Waals surface area contributed by atoms with Crippen LogP contribution in [0.15, 0.2) is 53.5 Å². The first kappa shape index (κ1) is 14.8. The molecule has 2 aromatic carbocycles. The number of aliphatic imine (C=N–C) groups is 1. The highest BCUT2D eigenvalue weighted by Crippen LogP contribution is 2.22. The lowest BCUT2D eigenvalue weighted by Gasteiger charge is -2.09. The molecular formula is C16H16FNOS. The number of halogens is 1. The Morgan fingerprint density at radius 1 is 1.15 bits per heavy atom. The summed E-state index contributed by atoms with van der Waals surface area (Å²) in [5, 5.41) is 9.80. The predicted octanol–water partition coefficient (Wildman–Crippen LogP) is 3.76. The molecule has 0 aromatic heterocycles. The summed E-state index contributed by atoms with van der Waals surface area (Å²) in [6, 6.07) is 14.5. The maximum atomic E-state index is 13.6. The molecule has 0 fully saturated rings. The van der Waals surface area contributed by atoms with Gasteiger partial charge in [0, 0.05) is 11.3 Å². The number of aliphatic hydroxyl groups is 1. The van der Waals surface area contributed by atoms with Crippen LogP contribution in [0.3, 0.4) is 0 Å². The van der Waals surface area contributed by atoms with Crippen molar-refractivity contribution in [2.45, 2.75) is 12.7 Å². The number of benzene rings is 2. The van der Waals surface area contributed by atoms with Crippen LogP contribution < -0.4 is 0 Å². The van der Waals surface area contributed by atoms with Gasteiger partial charge in [0.15, 0.2) is 0 Å². The molecule has 0 atom stereocenters. The summed E-state index contributed by atoms with van der Waals surface area (Å²) < 4.78 is 13.6. The second-order valence-electron chi connectivity index (χ2n) is 4.30. The lowest BCUT2D eigenvalue weighted by atomic mass is 10.1. The molecule has 20 heavy (non-hydrogen) atoms. The van der Waals surface area contributed by atoms with Crippen LogP contribution in [0.25, 0.3) is 0 Å². The van der Waals surface area contributed by atoms with Gasteiger partial charge in [0.2, 0.25) is 0 Å². The van der Waals surface area contributed by atoms with Crippen molar-refractivity contribution in [2.75, 3.05) is 6.73 Å². The van der Waals surface area contributed by atoms with Crippen molar-refractivity contribution in [2.24, 2.45) is 4.99 Å². The van der Waals surface area contributed by atoms with Crippen LogP contribution in [0.1, 0.15) is 16.7 Å². The van der Waals surface area contributed by atoms with Gasteiger partial charge in [-0.2, -0.15) is 0 Å². The van der Waals surface area contributed by atoms with Crippen molar-refractivity contribution in [3.05, 3.63) is 71.0 Å². The van der Waals surface area contributed by atoms with E-state index in [0.717, 1.165) is 16.2 Å². The summed E-state index contributed by atoms with van der Waals surface area (Å²) in [5.74, 6) is 0.271. The molecule has 0 saturated carbocycles. The fraction of sp³-hybridized carbons (Fsp3) is 0.188. The fourth-order valence-electron chi connectivity index (χ4n) is 1.85. The minimum Gasteiger partial charge on any atom is -0.375 e. The number of nitrogens with zero attached hydrogens (tertiary/aromatic N) is 1. The van der Waals surface area contributed by atoms with E-state index in [1.165, 1.54) is 17.8 Å². The van der Waals surface area contributed by atoms with Gasteiger partial charge in [-0.3, -0.25) is 0 Å². The van der Waals surface area contributed by atoms with E-state index in [0.29, 0.717) is 11.3 Å². The predicted molar refractivity (Wildman–Crippen MR) is 82.5 cm³/mol. The molecule has 0 unspecified atom stereocenters. The van der Waals surface area contributed by atoms with Crippen LogP contribution >= 0.6 is 11.8 Å². The number of thioether (sulfide) groups is 1. The van der Waals surface area contributed by atoms with E-state index in [1.807, 2.05) is 37.3 Å². The zero-order valence-corrected chi connectivity index (χ0v) is 12.0. The van der Waals surface area contributed by atoms with Crippen molar-refractivity contribution in [3.8, 4) is 0 Å². The Labute approximate surface area is 122 Å². The van der Waals surface area contributed by atoms with Gasteiger partial charge in [-0.05, 0) is 24.1 Å². The van der Waals surface area contributed by atoms with Crippen LogP contribution in [-0.4, -0.2) is 16.9 Å². The summed E-state index contributed by atoms with van der Waals surface area (Å²) in [5.41, 5.74) is 2.69. The van der Waals surface area contributed by atoms with E-state index >= 15 is 0 Å². The van der Waals surface area contributed by atoms with Crippen LogP contribution in [0.5, 0.6) is 0 Å². The summed E-state index contributed by atoms with van der Waals surface area (Å²) in [6.07, 6.45) is 0. The molecule has 0 aliphatic rings. The lowest BCUT2D eigenvalue weighted by molar-refractivity contribution is 0.310. The summed E-state index contributed by atoms with van der Waals surface area (Å²) >= 11 is 1.43. The highest BCUT2D eigenvalue weighted by Gasteiger charge is 2.09. The summed E-state index contributed by atoms with van der Waals surface area (Å²) in [6.45, 7) is 1.72. The second-order valence-corrected chi connectivity index (χ2v) is 5.26. The molecule has 0 radical (unpaired) electrons. The first-order chi connectivity index (χ1) is 9.72. The molecule has 0 aliphatic carbocycles. The van der Waals surface area contributed by atoms with Gasteiger partial charge in [-0.25, -0.2) is 9.38 Å². The van der Waals surface area contributed by atoms with Crippen LogP contribution in [0.4, 0.5) is 4.39 Å². The zero-order valence-electron chi connectivity index (χ0n) is 11.2. The minimum atomic E-state index is -0.270. The summed E-state index contributed by atoms with van der Waals surface area (Å²) in [4.78, 5) is 4.11. The maximum Gasteiger partial charge on any atom is 0.135 e. The highest BCUT2D eigenvalue weighted by molar-refractivity contribution is 8.13. The quantitative estimate of drug-likeness (QED) is 0.686. The van der Waals surface area contributed by atoms with Gasteiger partial charge in [-0.15, -0.1) is 11.8 Å². The topological polar surface area (TPSA) is 32.6 Å². The van der Waals surface area contributed by atoms with Gasteiger partial charge in [0.1, 0.15) is 17.6 Å². The Morgan fingerprint density at radius 3 is 2.55 bits per heavy atom. The lowest BCUT2D eigenvalue weighted by Crippen LogP contribution is -2.01. The highest BCUT2D eigenvalue weighted by atomic mass is 32.2. The van der Waals surface area contributed by atoms with Crippen LogP contribution in [0.2, 0.25) is 0 Å². The third kappa shape index (κ3) is 3.68. The van der Waals surface area contributed by atoms with E-state index in [1.54, 1.807) is 12.1 Å². The minimum absolute atomic E-state index is 0.215. The number of aliphatic hydroxyl groups excluding tert-OH is 1. The Hall–Kier alpha value is -1.65. The van der Waals surface area contributed by atoms with Crippen molar-refractivity contribution in [1.29, 1.82) is 0 Å². The standard InChI is InChI=1S/C16H16FNOS/c1-12-6-2-4-8-14(12)16(18-11-19)20-10-13-7-3-5-9-15(13)17/h2-9,19H,10-11H2,1H3/b18-16+. The molecule has 0 saturated heterocycles. The van der Waals surface area contributed by atoms with E-state index in [4.69, 9.17) is 5.11 Å². The molecule has 0 heterocycles.